The molecule has 5 heteroatoms. The number of nitrogens with zero attached hydrogens (tertiary/aromatic N) is 1. The third kappa shape index (κ3) is 2.76. The number of anilines is 1. The molecule has 2 aromatic carbocycles. The topological polar surface area (TPSA) is 34.0 Å². The Morgan fingerprint density at radius 1 is 1.23 bits per heavy atom. The summed E-state index contributed by atoms with van der Waals surface area (Å²) in [7, 11) is 0. The number of nitrogens with one attached hydrogen (secondary N) is 1. The maximum Gasteiger partial charge on any atom is 0.256 e. The van der Waals surface area contributed by atoms with Gasteiger partial charge in [0.05, 0.1) is 5.56 Å². The van der Waals surface area contributed by atoms with Crippen LogP contribution in [0.1, 0.15) is 17.3 Å². The van der Waals surface area contributed by atoms with Gasteiger partial charge in [-0.3, -0.25) is 4.79 Å². The molecule has 0 aliphatic carbocycles. The highest BCUT2D eigenvalue weighted by Gasteiger charge is 2.12. The minimum atomic E-state index is -0.441. The highest BCUT2D eigenvalue weighted by Crippen LogP contribution is 2.23. The molecule has 0 unspecified atom stereocenters. The third-order valence-corrected chi connectivity index (χ3v) is 4.23. The van der Waals surface area contributed by atoms with Crippen LogP contribution in [0.25, 0.3) is 10.9 Å². The first-order valence-electron chi connectivity index (χ1n) is 6.94. The minimum Gasteiger partial charge on any atom is -0.348 e. The number of carbonyl (C=O) groups is 1. The van der Waals surface area contributed by atoms with Gasteiger partial charge in [-0.25, -0.2) is 4.39 Å². The molecule has 0 aliphatic heterocycles. The van der Waals surface area contributed by atoms with Crippen molar-refractivity contribution in [1.82, 2.24) is 4.57 Å². The Hall–Kier alpha value is -2.14. The van der Waals surface area contributed by atoms with Gasteiger partial charge in [-0.1, -0.05) is 0 Å². The first kappa shape index (κ1) is 14.8. The Kier molecular flexibility index (Phi) is 3.98. The highest BCUT2D eigenvalue weighted by molar-refractivity contribution is 9.10. The van der Waals surface area contributed by atoms with Crippen molar-refractivity contribution >= 4 is 38.4 Å². The first-order valence-corrected chi connectivity index (χ1v) is 7.73. The van der Waals surface area contributed by atoms with Crippen LogP contribution in [0.15, 0.2) is 53.1 Å². The number of hydrogen-bond donors (Lipinski definition) is 1. The molecular weight excluding hydrogens is 347 g/mol. The van der Waals surface area contributed by atoms with Gasteiger partial charge in [-0.05, 0) is 65.3 Å². The second kappa shape index (κ2) is 5.93. The summed E-state index contributed by atoms with van der Waals surface area (Å²) in [4.78, 5) is 12.3. The Balaban J connectivity index is 1.89. The van der Waals surface area contributed by atoms with Gasteiger partial charge < -0.3 is 9.88 Å². The van der Waals surface area contributed by atoms with E-state index in [9.17, 15) is 9.18 Å². The maximum absolute atomic E-state index is 13.3. The molecule has 3 aromatic rings. The Morgan fingerprint density at radius 3 is 2.82 bits per heavy atom. The number of halogens is 2. The number of hydrogen-bond acceptors (Lipinski definition) is 1. The summed E-state index contributed by atoms with van der Waals surface area (Å²) in [5, 5.41) is 3.85. The molecule has 1 amide bonds. The standard InChI is InChI=1S/C17H14BrFN2O/c1-2-21-8-7-11-9-13(4-6-16(11)21)20-17(22)14-10-12(19)3-5-15(14)18/h3-10H,2H2,1H3,(H,20,22). The zero-order valence-corrected chi connectivity index (χ0v) is 13.5. The molecule has 1 aromatic heterocycles. The molecule has 0 spiro atoms. The first-order chi connectivity index (χ1) is 10.6. The average Bonchev–Trinajstić information content (AvgIpc) is 2.91. The summed E-state index contributed by atoms with van der Waals surface area (Å²) in [6.45, 7) is 2.97. The van der Waals surface area contributed by atoms with E-state index in [-0.39, 0.29) is 11.5 Å². The molecule has 112 valence electrons. The smallest absolute Gasteiger partial charge is 0.256 e. The van der Waals surface area contributed by atoms with Crippen LogP contribution in [-0.4, -0.2) is 10.5 Å². The molecule has 0 saturated heterocycles. The SMILES string of the molecule is CCn1ccc2cc(NC(=O)c3cc(F)ccc3Br)ccc21. The van der Waals surface area contributed by atoms with Gasteiger partial charge in [0.2, 0.25) is 0 Å². The Labute approximate surface area is 135 Å². The lowest BCUT2D eigenvalue weighted by molar-refractivity contribution is 0.102. The van der Waals surface area contributed by atoms with Gasteiger partial charge in [0.25, 0.3) is 5.91 Å². The van der Waals surface area contributed by atoms with E-state index in [1.165, 1.54) is 18.2 Å². The van der Waals surface area contributed by atoms with Crippen molar-refractivity contribution in [3.8, 4) is 0 Å². The molecule has 0 aliphatic rings. The summed E-state index contributed by atoms with van der Waals surface area (Å²) < 4.78 is 16.0. The molecule has 0 radical (unpaired) electrons. The quantitative estimate of drug-likeness (QED) is 0.713. The maximum atomic E-state index is 13.3. The lowest BCUT2D eigenvalue weighted by Gasteiger charge is -2.08. The number of amides is 1. The van der Waals surface area contributed by atoms with E-state index in [4.69, 9.17) is 0 Å². The molecular formula is C17H14BrFN2O. The predicted molar refractivity (Wildman–Crippen MR) is 89.7 cm³/mol. The van der Waals surface area contributed by atoms with Crippen molar-refractivity contribution in [3.63, 3.8) is 0 Å². The minimum absolute atomic E-state index is 0.270. The van der Waals surface area contributed by atoms with E-state index in [2.05, 4.69) is 32.7 Å². The number of aryl methyl sites for hydroxylation is 1. The van der Waals surface area contributed by atoms with E-state index in [0.29, 0.717) is 10.2 Å². The fraction of sp³-hybridized carbons (Fsp3) is 0.118. The Bertz CT molecular complexity index is 857. The van der Waals surface area contributed by atoms with Crippen molar-refractivity contribution in [3.05, 3.63) is 64.5 Å². The lowest BCUT2D eigenvalue weighted by Crippen LogP contribution is -2.12. The zero-order valence-electron chi connectivity index (χ0n) is 11.9. The van der Waals surface area contributed by atoms with Crippen LogP contribution in [0.3, 0.4) is 0 Å². The number of aromatic nitrogens is 1. The van der Waals surface area contributed by atoms with Crippen molar-refractivity contribution in [2.24, 2.45) is 0 Å². The van der Waals surface area contributed by atoms with Gasteiger partial charge in [0, 0.05) is 33.8 Å². The summed E-state index contributed by atoms with van der Waals surface area (Å²) in [5.74, 6) is -0.788. The van der Waals surface area contributed by atoms with Crippen molar-refractivity contribution in [1.29, 1.82) is 0 Å². The lowest BCUT2D eigenvalue weighted by atomic mass is 10.2. The van der Waals surface area contributed by atoms with E-state index < -0.39 is 5.82 Å². The van der Waals surface area contributed by atoms with Gasteiger partial charge >= 0.3 is 0 Å². The highest BCUT2D eigenvalue weighted by atomic mass is 79.9. The van der Waals surface area contributed by atoms with Crippen LogP contribution in [0, 0.1) is 5.82 Å². The van der Waals surface area contributed by atoms with E-state index in [1.54, 1.807) is 0 Å². The van der Waals surface area contributed by atoms with E-state index in [1.807, 2.05) is 30.5 Å². The number of fused-ring (bicyclic) bond motifs is 1. The van der Waals surface area contributed by atoms with Crippen molar-refractivity contribution in [2.45, 2.75) is 13.5 Å². The van der Waals surface area contributed by atoms with Crippen LogP contribution >= 0.6 is 15.9 Å². The van der Waals surface area contributed by atoms with E-state index >= 15 is 0 Å². The monoisotopic (exact) mass is 360 g/mol. The molecule has 1 heterocycles. The summed E-state index contributed by atoms with van der Waals surface area (Å²) in [6, 6.07) is 11.8. The van der Waals surface area contributed by atoms with Crippen LogP contribution in [0.5, 0.6) is 0 Å². The van der Waals surface area contributed by atoms with Gasteiger partial charge in [0.1, 0.15) is 5.82 Å². The third-order valence-electron chi connectivity index (χ3n) is 3.54. The molecule has 0 bridgehead atoms. The molecule has 0 fully saturated rings. The number of rotatable bonds is 3. The fourth-order valence-electron chi connectivity index (χ4n) is 2.42. The van der Waals surface area contributed by atoms with Crippen molar-refractivity contribution in [2.75, 3.05) is 5.32 Å². The molecule has 22 heavy (non-hydrogen) atoms. The van der Waals surface area contributed by atoms with Gasteiger partial charge in [-0.15, -0.1) is 0 Å². The second-order valence-corrected chi connectivity index (χ2v) is 5.81. The summed E-state index contributed by atoms with van der Waals surface area (Å²) in [6.07, 6.45) is 2.01. The van der Waals surface area contributed by atoms with Crippen LogP contribution in [0.2, 0.25) is 0 Å². The molecule has 0 atom stereocenters. The molecule has 3 nitrogen and oxygen atoms in total. The van der Waals surface area contributed by atoms with Crippen molar-refractivity contribution < 1.29 is 9.18 Å². The van der Waals surface area contributed by atoms with Crippen LogP contribution < -0.4 is 5.32 Å². The molecule has 0 saturated carbocycles. The largest absolute Gasteiger partial charge is 0.348 e. The second-order valence-electron chi connectivity index (χ2n) is 4.95. The fourth-order valence-corrected chi connectivity index (χ4v) is 2.85. The molecule has 3 rings (SSSR count). The van der Waals surface area contributed by atoms with Gasteiger partial charge in [-0.2, -0.15) is 0 Å². The number of benzene rings is 2. The van der Waals surface area contributed by atoms with E-state index in [0.717, 1.165) is 17.4 Å². The van der Waals surface area contributed by atoms with Gasteiger partial charge in [0.15, 0.2) is 0 Å². The average molecular weight is 361 g/mol. The molecule has 1 N–H and O–H groups in total. The number of carbonyl (C=O) groups excluding carboxylic acids is 1. The van der Waals surface area contributed by atoms with Crippen LogP contribution in [0.4, 0.5) is 10.1 Å². The Morgan fingerprint density at radius 2 is 2.05 bits per heavy atom. The summed E-state index contributed by atoms with van der Waals surface area (Å²) >= 11 is 3.27. The zero-order chi connectivity index (χ0) is 15.7. The predicted octanol–water partition coefficient (Wildman–Crippen LogP) is 4.82. The summed E-state index contributed by atoms with van der Waals surface area (Å²) in [5.41, 5.74) is 2.07. The van der Waals surface area contributed by atoms with Crippen LogP contribution in [-0.2, 0) is 6.54 Å². The normalized spacial score (nSPS) is 10.9.